The van der Waals surface area contributed by atoms with Gasteiger partial charge in [0.2, 0.25) is 5.91 Å². The minimum absolute atomic E-state index is 0.0977. The fraction of sp³-hybridized carbons (Fsp3) is 0.571. The molecule has 2 N–H and O–H groups in total. The molecule has 2 saturated heterocycles. The van der Waals surface area contributed by atoms with Crippen LogP contribution in [0.4, 0.5) is 0 Å². The summed E-state index contributed by atoms with van der Waals surface area (Å²) in [4.78, 5) is 26.0. The molecular formula is C14H19N3O3S. The molecule has 2 aliphatic rings. The Kier molecular flexibility index (Phi) is 4.50. The molecule has 7 heteroatoms. The molecule has 114 valence electrons. The lowest BCUT2D eigenvalue weighted by Crippen LogP contribution is -2.42. The van der Waals surface area contributed by atoms with Crippen LogP contribution in [0.5, 0.6) is 0 Å². The Hall–Kier alpha value is -1.47. The van der Waals surface area contributed by atoms with Crippen molar-refractivity contribution < 1.29 is 14.0 Å². The number of nitrogens with zero attached hydrogens (tertiary/aromatic N) is 1. The number of furan rings is 1. The number of rotatable bonds is 4. The zero-order chi connectivity index (χ0) is 14.7. The molecule has 3 heterocycles. The van der Waals surface area contributed by atoms with Crippen LogP contribution in [0.2, 0.25) is 0 Å². The van der Waals surface area contributed by atoms with Crippen molar-refractivity contribution in [2.45, 2.75) is 12.5 Å². The zero-order valence-corrected chi connectivity index (χ0v) is 12.5. The second kappa shape index (κ2) is 6.53. The first-order valence-electron chi connectivity index (χ1n) is 7.14. The molecule has 0 aromatic carbocycles. The van der Waals surface area contributed by atoms with E-state index in [4.69, 9.17) is 4.42 Å². The van der Waals surface area contributed by atoms with Crippen LogP contribution >= 0.6 is 11.8 Å². The monoisotopic (exact) mass is 309 g/mol. The van der Waals surface area contributed by atoms with Gasteiger partial charge in [0.15, 0.2) is 0 Å². The lowest BCUT2D eigenvalue weighted by Gasteiger charge is -2.19. The molecule has 6 nitrogen and oxygen atoms in total. The first-order valence-corrected chi connectivity index (χ1v) is 8.30. The van der Waals surface area contributed by atoms with Gasteiger partial charge in [-0.3, -0.25) is 9.59 Å². The van der Waals surface area contributed by atoms with Crippen molar-refractivity contribution in [2.75, 3.05) is 31.3 Å². The Bertz CT molecular complexity index is 500. The van der Waals surface area contributed by atoms with Crippen LogP contribution in [-0.4, -0.2) is 54.0 Å². The number of hydrogen-bond donors (Lipinski definition) is 2. The van der Waals surface area contributed by atoms with Crippen LogP contribution in [0, 0.1) is 5.92 Å². The van der Waals surface area contributed by atoms with Crippen LogP contribution in [0.15, 0.2) is 23.0 Å². The molecule has 2 amide bonds. The minimum atomic E-state index is -0.130. The predicted molar refractivity (Wildman–Crippen MR) is 80.0 cm³/mol. The van der Waals surface area contributed by atoms with Crippen molar-refractivity contribution in [3.63, 3.8) is 0 Å². The maximum absolute atomic E-state index is 12.3. The molecule has 0 unspecified atom stereocenters. The normalized spacial score (nSPS) is 25.2. The minimum Gasteiger partial charge on any atom is -0.472 e. The van der Waals surface area contributed by atoms with Gasteiger partial charge in [0.25, 0.3) is 5.91 Å². The predicted octanol–water partition coefficient (Wildman–Crippen LogP) is 0.520. The van der Waals surface area contributed by atoms with E-state index >= 15 is 0 Å². The lowest BCUT2D eigenvalue weighted by atomic mass is 10.0. The Morgan fingerprint density at radius 2 is 2.43 bits per heavy atom. The average molecular weight is 309 g/mol. The summed E-state index contributed by atoms with van der Waals surface area (Å²) in [7, 11) is 0. The van der Waals surface area contributed by atoms with Gasteiger partial charge in [0.1, 0.15) is 6.26 Å². The van der Waals surface area contributed by atoms with Gasteiger partial charge in [-0.15, -0.1) is 11.8 Å². The van der Waals surface area contributed by atoms with Crippen LogP contribution in [0.3, 0.4) is 0 Å². The van der Waals surface area contributed by atoms with Crippen LogP contribution in [0.1, 0.15) is 16.8 Å². The highest BCUT2D eigenvalue weighted by Gasteiger charge is 2.33. The number of thioether (sulfide) groups is 1. The van der Waals surface area contributed by atoms with E-state index in [-0.39, 0.29) is 17.9 Å². The van der Waals surface area contributed by atoms with Crippen LogP contribution in [0.25, 0.3) is 0 Å². The SMILES string of the molecule is O=C(NC[C@@H]1CN[C@H](C(=O)N2CCSC2)C1)c1ccoc1. The molecule has 0 saturated carbocycles. The molecule has 1 aromatic rings. The zero-order valence-electron chi connectivity index (χ0n) is 11.7. The molecule has 1 aromatic heterocycles. The van der Waals surface area contributed by atoms with E-state index in [2.05, 4.69) is 10.6 Å². The first kappa shape index (κ1) is 14.5. The van der Waals surface area contributed by atoms with Crippen molar-refractivity contribution in [1.82, 2.24) is 15.5 Å². The van der Waals surface area contributed by atoms with Crippen LogP contribution in [-0.2, 0) is 4.79 Å². The van der Waals surface area contributed by atoms with Crippen molar-refractivity contribution in [1.29, 1.82) is 0 Å². The Morgan fingerprint density at radius 3 is 3.14 bits per heavy atom. The summed E-state index contributed by atoms with van der Waals surface area (Å²) in [6.07, 6.45) is 3.69. The summed E-state index contributed by atoms with van der Waals surface area (Å²) in [6, 6.07) is 1.54. The fourth-order valence-electron chi connectivity index (χ4n) is 2.69. The Balaban J connectivity index is 1.44. The number of hydrogen-bond acceptors (Lipinski definition) is 5. The molecule has 0 aliphatic carbocycles. The molecule has 0 spiro atoms. The van der Waals surface area contributed by atoms with Gasteiger partial charge in [0, 0.05) is 25.4 Å². The summed E-state index contributed by atoms with van der Waals surface area (Å²) in [6.45, 7) is 2.20. The fourth-order valence-corrected chi connectivity index (χ4v) is 3.65. The maximum atomic E-state index is 12.3. The highest BCUT2D eigenvalue weighted by Crippen LogP contribution is 2.20. The molecular weight excluding hydrogens is 290 g/mol. The third kappa shape index (κ3) is 3.41. The molecule has 2 fully saturated rings. The molecule has 21 heavy (non-hydrogen) atoms. The quantitative estimate of drug-likeness (QED) is 0.848. The second-order valence-corrected chi connectivity index (χ2v) is 6.50. The van der Waals surface area contributed by atoms with Gasteiger partial charge in [-0.2, -0.15) is 0 Å². The van der Waals surface area contributed by atoms with E-state index in [1.54, 1.807) is 17.8 Å². The largest absolute Gasteiger partial charge is 0.472 e. The van der Waals surface area contributed by atoms with Gasteiger partial charge in [-0.25, -0.2) is 0 Å². The smallest absolute Gasteiger partial charge is 0.254 e. The van der Waals surface area contributed by atoms with Crippen molar-refractivity contribution in [2.24, 2.45) is 5.92 Å². The third-order valence-corrected chi connectivity index (χ3v) is 4.88. The van der Waals surface area contributed by atoms with E-state index in [0.29, 0.717) is 18.0 Å². The number of carbonyl (C=O) groups excluding carboxylic acids is 2. The summed E-state index contributed by atoms with van der Waals surface area (Å²) >= 11 is 1.79. The molecule has 0 radical (unpaired) electrons. The Morgan fingerprint density at radius 1 is 1.52 bits per heavy atom. The van der Waals surface area contributed by atoms with E-state index in [9.17, 15) is 9.59 Å². The summed E-state index contributed by atoms with van der Waals surface area (Å²) < 4.78 is 4.89. The molecule has 2 atom stereocenters. The topological polar surface area (TPSA) is 74.6 Å². The lowest BCUT2D eigenvalue weighted by molar-refractivity contribution is -0.131. The van der Waals surface area contributed by atoms with Crippen molar-refractivity contribution >= 4 is 23.6 Å². The maximum Gasteiger partial charge on any atom is 0.254 e. The molecule has 3 rings (SSSR count). The van der Waals surface area contributed by atoms with Gasteiger partial charge in [0.05, 0.1) is 23.7 Å². The van der Waals surface area contributed by atoms with Gasteiger partial charge in [-0.1, -0.05) is 0 Å². The molecule has 2 aliphatic heterocycles. The third-order valence-electron chi connectivity index (χ3n) is 3.92. The van der Waals surface area contributed by atoms with Crippen molar-refractivity contribution in [3.8, 4) is 0 Å². The average Bonchev–Trinajstić information content (AvgIpc) is 3.26. The number of nitrogens with one attached hydrogen (secondary N) is 2. The summed E-state index contributed by atoms with van der Waals surface area (Å²) in [5.74, 6) is 2.20. The van der Waals surface area contributed by atoms with E-state index < -0.39 is 0 Å². The van der Waals surface area contributed by atoms with E-state index in [1.807, 2.05) is 4.90 Å². The number of amides is 2. The highest BCUT2D eigenvalue weighted by molar-refractivity contribution is 7.99. The highest BCUT2D eigenvalue weighted by atomic mass is 32.2. The molecule has 0 bridgehead atoms. The summed E-state index contributed by atoms with van der Waals surface area (Å²) in [5.41, 5.74) is 0.530. The second-order valence-electron chi connectivity index (χ2n) is 5.42. The Labute approximate surface area is 127 Å². The van der Waals surface area contributed by atoms with Crippen molar-refractivity contribution in [3.05, 3.63) is 24.2 Å². The van der Waals surface area contributed by atoms with E-state index in [1.165, 1.54) is 12.5 Å². The number of carbonyl (C=O) groups is 2. The van der Waals surface area contributed by atoms with Gasteiger partial charge in [-0.05, 0) is 18.4 Å². The first-order chi connectivity index (χ1) is 10.2. The summed E-state index contributed by atoms with van der Waals surface area (Å²) in [5, 5.41) is 6.16. The van der Waals surface area contributed by atoms with Crippen LogP contribution < -0.4 is 10.6 Å². The van der Waals surface area contributed by atoms with Gasteiger partial charge < -0.3 is 20.0 Å². The van der Waals surface area contributed by atoms with E-state index in [0.717, 1.165) is 31.1 Å². The standard InChI is InChI=1S/C14H19N3O3S/c18-13(11-1-3-20-8-11)16-7-10-5-12(15-6-10)14(19)17-2-4-21-9-17/h1,3,8,10,12,15H,2,4-7,9H2,(H,16,18)/t10-,12-/m0/s1. The van der Waals surface area contributed by atoms with Gasteiger partial charge >= 0.3 is 0 Å².